The highest BCUT2D eigenvalue weighted by atomic mass is 16.5. The van der Waals surface area contributed by atoms with Gasteiger partial charge in [-0.25, -0.2) is 4.79 Å². The molecule has 0 saturated carbocycles. The molecule has 2 heterocycles. The molecule has 2 rings (SSSR count). The van der Waals surface area contributed by atoms with Gasteiger partial charge in [0.25, 0.3) is 0 Å². The summed E-state index contributed by atoms with van der Waals surface area (Å²) >= 11 is 0. The van der Waals surface area contributed by atoms with Crippen LogP contribution in [0.1, 0.15) is 10.5 Å². The highest BCUT2D eigenvalue weighted by molar-refractivity contribution is 5.88. The molecule has 0 aliphatic rings. The second-order valence-corrected chi connectivity index (χ2v) is 3.24. The summed E-state index contributed by atoms with van der Waals surface area (Å²) in [5.74, 6) is -0.405. The van der Waals surface area contributed by atoms with Crippen LogP contribution < -0.4 is 0 Å². The van der Waals surface area contributed by atoms with Crippen LogP contribution in [0.25, 0.3) is 11.4 Å². The molecule has 0 aliphatic heterocycles. The first-order chi connectivity index (χ1) is 7.72. The number of hydrogen-bond donors (Lipinski definition) is 0. The molecular formula is C11H11N3O2. The molecule has 0 fully saturated rings. The van der Waals surface area contributed by atoms with Crippen molar-refractivity contribution in [1.82, 2.24) is 14.8 Å². The summed E-state index contributed by atoms with van der Waals surface area (Å²) in [6.07, 6.45) is 1.68. The van der Waals surface area contributed by atoms with Gasteiger partial charge in [0.05, 0.1) is 12.8 Å². The zero-order chi connectivity index (χ0) is 11.5. The van der Waals surface area contributed by atoms with Gasteiger partial charge >= 0.3 is 5.97 Å². The Labute approximate surface area is 92.7 Å². The molecule has 0 N–H and O–H groups in total. The van der Waals surface area contributed by atoms with Crippen LogP contribution in [0, 0.1) is 0 Å². The maximum atomic E-state index is 11.4. The van der Waals surface area contributed by atoms with Crippen LogP contribution in [0.3, 0.4) is 0 Å². The Bertz CT molecular complexity index is 505. The zero-order valence-corrected chi connectivity index (χ0v) is 9.04. The lowest BCUT2D eigenvalue weighted by Crippen LogP contribution is -2.07. The summed E-state index contributed by atoms with van der Waals surface area (Å²) in [5.41, 5.74) is 1.79. The number of pyridine rings is 1. The van der Waals surface area contributed by atoms with Crippen LogP contribution in [-0.4, -0.2) is 27.8 Å². The summed E-state index contributed by atoms with van der Waals surface area (Å²) in [5, 5.41) is 4.20. The fourth-order valence-electron chi connectivity index (χ4n) is 1.40. The monoisotopic (exact) mass is 217 g/mol. The minimum Gasteiger partial charge on any atom is -0.464 e. The van der Waals surface area contributed by atoms with E-state index in [0.717, 1.165) is 5.69 Å². The number of esters is 1. The third-order valence-corrected chi connectivity index (χ3v) is 2.20. The van der Waals surface area contributed by atoms with Gasteiger partial charge in [0.15, 0.2) is 0 Å². The maximum Gasteiger partial charge on any atom is 0.356 e. The SMILES string of the molecule is COC(=O)c1cc(-c2ccccn2)nn1C. The second-order valence-electron chi connectivity index (χ2n) is 3.24. The number of aryl methyl sites for hydroxylation is 1. The van der Waals surface area contributed by atoms with E-state index in [1.807, 2.05) is 18.2 Å². The minimum atomic E-state index is -0.405. The Morgan fingerprint density at radius 3 is 2.81 bits per heavy atom. The number of carbonyl (C=O) groups is 1. The molecule has 0 unspecified atom stereocenters. The van der Waals surface area contributed by atoms with E-state index in [9.17, 15) is 4.79 Å². The summed E-state index contributed by atoms with van der Waals surface area (Å²) in [6.45, 7) is 0. The average molecular weight is 217 g/mol. The van der Waals surface area contributed by atoms with Crippen molar-refractivity contribution in [3.05, 3.63) is 36.2 Å². The predicted molar refractivity (Wildman–Crippen MR) is 57.8 cm³/mol. The molecule has 2 aromatic rings. The molecule has 0 spiro atoms. The average Bonchev–Trinajstić information content (AvgIpc) is 2.71. The van der Waals surface area contributed by atoms with Crippen LogP contribution >= 0.6 is 0 Å². The Hall–Kier alpha value is -2.17. The number of aromatic nitrogens is 3. The van der Waals surface area contributed by atoms with Crippen LogP contribution in [0.2, 0.25) is 0 Å². The third-order valence-electron chi connectivity index (χ3n) is 2.20. The summed E-state index contributed by atoms with van der Waals surface area (Å²) < 4.78 is 6.13. The first-order valence-electron chi connectivity index (χ1n) is 4.76. The number of nitrogens with zero attached hydrogens (tertiary/aromatic N) is 3. The molecule has 0 aliphatic carbocycles. The van der Waals surface area contributed by atoms with Gasteiger partial charge in [0.1, 0.15) is 11.4 Å². The van der Waals surface area contributed by atoms with E-state index in [0.29, 0.717) is 11.4 Å². The van der Waals surface area contributed by atoms with E-state index < -0.39 is 5.97 Å². The van der Waals surface area contributed by atoms with Crippen molar-refractivity contribution in [3.8, 4) is 11.4 Å². The lowest BCUT2D eigenvalue weighted by Gasteiger charge is -1.96. The van der Waals surface area contributed by atoms with Gasteiger partial charge in [0, 0.05) is 19.3 Å². The van der Waals surface area contributed by atoms with Crippen molar-refractivity contribution in [3.63, 3.8) is 0 Å². The highest BCUT2D eigenvalue weighted by Crippen LogP contribution is 2.16. The standard InChI is InChI=1S/C11H11N3O2/c1-14-10(11(15)16-2)7-9(13-14)8-5-3-4-6-12-8/h3-7H,1-2H3. The summed E-state index contributed by atoms with van der Waals surface area (Å²) in [4.78, 5) is 15.5. The molecule has 0 bridgehead atoms. The Kier molecular flexibility index (Phi) is 2.68. The van der Waals surface area contributed by atoms with Gasteiger partial charge in [-0.3, -0.25) is 9.67 Å². The lowest BCUT2D eigenvalue weighted by atomic mass is 10.2. The minimum absolute atomic E-state index is 0.405. The molecule has 0 atom stereocenters. The van der Waals surface area contributed by atoms with Crippen molar-refractivity contribution < 1.29 is 9.53 Å². The van der Waals surface area contributed by atoms with Crippen molar-refractivity contribution in [2.24, 2.45) is 7.05 Å². The van der Waals surface area contributed by atoms with E-state index in [4.69, 9.17) is 0 Å². The first kappa shape index (κ1) is 10.4. The summed E-state index contributed by atoms with van der Waals surface area (Å²) in [6, 6.07) is 7.19. The molecule has 5 heteroatoms. The molecule has 0 saturated heterocycles. The maximum absolute atomic E-state index is 11.4. The van der Waals surface area contributed by atoms with Crippen LogP contribution in [0.4, 0.5) is 0 Å². The van der Waals surface area contributed by atoms with Gasteiger partial charge in [0.2, 0.25) is 0 Å². The Morgan fingerprint density at radius 2 is 2.19 bits per heavy atom. The van der Waals surface area contributed by atoms with Crippen molar-refractivity contribution >= 4 is 5.97 Å². The summed E-state index contributed by atoms with van der Waals surface area (Å²) in [7, 11) is 3.04. The van der Waals surface area contributed by atoms with E-state index >= 15 is 0 Å². The number of rotatable bonds is 2. The molecule has 2 aromatic heterocycles. The number of ether oxygens (including phenoxy) is 1. The van der Waals surface area contributed by atoms with Crippen LogP contribution in [0.5, 0.6) is 0 Å². The van der Waals surface area contributed by atoms with E-state index in [-0.39, 0.29) is 0 Å². The third kappa shape index (κ3) is 1.79. The van der Waals surface area contributed by atoms with Gasteiger partial charge < -0.3 is 4.74 Å². The van der Waals surface area contributed by atoms with E-state index in [2.05, 4.69) is 14.8 Å². The smallest absolute Gasteiger partial charge is 0.356 e. The Balaban J connectivity index is 2.42. The van der Waals surface area contributed by atoms with Crippen molar-refractivity contribution in [2.45, 2.75) is 0 Å². The van der Waals surface area contributed by atoms with E-state index in [1.54, 1.807) is 19.3 Å². The fraction of sp³-hybridized carbons (Fsp3) is 0.182. The topological polar surface area (TPSA) is 57.0 Å². The molecule has 0 aromatic carbocycles. The molecule has 16 heavy (non-hydrogen) atoms. The highest BCUT2D eigenvalue weighted by Gasteiger charge is 2.14. The van der Waals surface area contributed by atoms with Crippen LogP contribution in [-0.2, 0) is 11.8 Å². The van der Waals surface area contributed by atoms with Crippen molar-refractivity contribution in [1.29, 1.82) is 0 Å². The van der Waals surface area contributed by atoms with Crippen molar-refractivity contribution in [2.75, 3.05) is 7.11 Å². The lowest BCUT2D eigenvalue weighted by molar-refractivity contribution is 0.0588. The van der Waals surface area contributed by atoms with E-state index in [1.165, 1.54) is 11.8 Å². The van der Waals surface area contributed by atoms with Gasteiger partial charge in [-0.15, -0.1) is 0 Å². The molecule has 5 nitrogen and oxygen atoms in total. The quantitative estimate of drug-likeness (QED) is 0.711. The zero-order valence-electron chi connectivity index (χ0n) is 9.04. The predicted octanol–water partition coefficient (Wildman–Crippen LogP) is 1.27. The molecule has 0 amide bonds. The second kappa shape index (κ2) is 4.14. The van der Waals surface area contributed by atoms with Gasteiger partial charge in [-0.2, -0.15) is 5.10 Å². The molecule has 0 radical (unpaired) electrons. The van der Waals surface area contributed by atoms with Crippen LogP contribution in [0.15, 0.2) is 30.5 Å². The molecule has 82 valence electrons. The Morgan fingerprint density at radius 1 is 1.38 bits per heavy atom. The normalized spacial score (nSPS) is 10.1. The van der Waals surface area contributed by atoms with Gasteiger partial charge in [-0.05, 0) is 12.1 Å². The number of methoxy groups -OCH3 is 1. The van der Waals surface area contributed by atoms with Gasteiger partial charge in [-0.1, -0.05) is 6.07 Å². The fourth-order valence-corrected chi connectivity index (χ4v) is 1.40. The molecular weight excluding hydrogens is 206 g/mol. The number of hydrogen-bond acceptors (Lipinski definition) is 4. The number of carbonyl (C=O) groups excluding carboxylic acids is 1. The largest absolute Gasteiger partial charge is 0.464 e. The first-order valence-corrected chi connectivity index (χ1v) is 4.76.